The second-order valence-corrected chi connectivity index (χ2v) is 6.97. The molecule has 1 aromatic heterocycles. The maximum Gasteiger partial charge on any atom is 0.228 e. The molecule has 1 aromatic carbocycles. The van der Waals surface area contributed by atoms with Crippen LogP contribution in [0.3, 0.4) is 0 Å². The molecule has 1 fully saturated rings. The molecule has 5 heteroatoms. The van der Waals surface area contributed by atoms with Crippen LogP contribution in [-0.2, 0) is 6.54 Å². The number of anilines is 1. The first kappa shape index (κ1) is 17.7. The van der Waals surface area contributed by atoms with Gasteiger partial charge in [-0.25, -0.2) is 4.98 Å². The molecule has 5 nitrogen and oxygen atoms in total. The number of aryl methyl sites for hydroxylation is 2. The number of aromatic nitrogens is 2. The second-order valence-electron chi connectivity index (χ2n) is 6.97. The zero-order valence-corrected chi connectivity index (χ0v) is 15.7. The van der Waals surface area contributed by atoms with Crippen LogP contribution in [0.2, 0.25) is 0 Å². The highest BCUT2D eigenvalue weighted by Crippen LogP contribution is 2.22. The Kier molecular flexibility index (Phi) is 5.53. The van der Waals surface area contributed by atoms with Gasteiger partial charge in [0, 0.05) is 38.4 Å². The number of likely N-dealkylation sites (N-methyl/N-ethyl adjacent to an activating group) is 1. The Bertz CT molecular complexity index is 719. The summed E-state index contributed by atoms with van der Waals surface area (Å²) in [4.78, 5) is 13.6. The number of hydrogen-bond acceptors (Lipinski definition) is 5. The first-order valence-corrected chi connectivity index (χ1v) is 8.95. The number of ether oxygens (including phenoxy) is 1. The van der Waals surface area contributed by atoms with Gasteiger partial charge in [0.1, 0.15) is 0 Å². The van der Waals surface area contributed by atoms with Crippen molar-refractivity contribution >= 4 is 5.95 Å². The average Bonchev–Trinajstić information content (AvgIpc) is 2.64. The van der Waals surface area contributed by atoms with Gasteiger partial charge in [-0.3, -0.25) is 4.90 Å². The molecule has 0 bridgehead atoms. The fourth-order valence-electron chi connectivity index (χ4n) is 3.53. The third-order valence-electron chi connectivity index (χ3n) is 5.06. The van der Waals surface area contributed by atoms with Crippen molar-refractivity contribution in [2.24, 2.45) is 0 Å². The van der Waals surface area contributed by atoms with Crippen molar-refractivity contribution in [2.75, 3.05) is 32.1 Å². The first-order valence-electron chi connectivity index (χ1n) is 8.95. The monoisotopic (exact) mass is 340 g/mol. The molecule has 0 spiro atoms. The Morgan fingerprint density at radius 3 is 2.88 bits per heavy atom. The Labute approximate surface area is 150 Å². The number of piperidine rings is 1. The van der Waals surface area contributed by atoms with Crippen LogP contribution in [0.4, 0.5) is 5.95 Å². The zero-order chi connectivity index (χ0) is 17.8. The molecule has 1 atom stereocenters. The van der Waals surface area contributed by atoms with E-state index in [4.69, 9.17) is 4.74 Å². The summed E-state index contributed by atoms with van der Waals surface area (Å²) in [6, 6.07) is 8.95. The van der Waals surface area contributed by atoms with E-state index in [0.717, 1.165) is 25.6 Å². The molecule has 1 unspecified atom stereocenters. The van der Waals surface area contributed by atoms with Crippen molar-refractivity contribution in [1.82, 2.24) is 14.9 Å². The van der Waals surface area contributed by atoms with E-state index in [9.17, 15) is 0 Å². The first-order chi connectivity index (χ1) is 12.1. The Morgan fingerprint density at radius 1 is 1.28 bits per heavy atom. The van der Waals surface area contributed by atoms with Crippen LogP contribution in [0, 0.1) is 13.8 Å². The van der Waals surface area contributed by atoms with Crippen LogP contribution >= 0.6 is 0 Å². The zero-order valence-electron chi connectivity index (χ0n) is 15.7. The van der Waals surface area contributed by atoms with E-state index >= 15 is 0 Å². The van der Waals surface area contributed by atoms with Gasteiger partial charge in [-0.1, -0.05) is 23.8 Å². The van der Waals surface area contributed by atoms with Crippen LogP contribution in [0.5, 0.6) is 5.88 Å². The third kappa shape index (κ3) is 4.28. The van der Waals surface area contributed by atoms with Gasteiger partial charge >= 0.3 is 0 Å². The van der Waals surface area contributed by atoms with E-state index in [1.807, 2.05) is 0 Å². The lowest BCUT2D eigenvalue weighted by molar-refractivity contribution is 0.197. The van der Waals surface area contributed by atoms with E-state index in [0.29, 0.717) is 11.9 Å². The van der Waals surface area contributed by atoms with Crippen LogP contribution < -0.4 is 9.64 Å². The van der Waals surface area contributed by atoms with Crippen LogP contribution in [0.1, 0.15) is 29.5 Å². The summed E-state index contributed by atoms with van der Waals surface area (Å²) in [5, 5.41) is 0. The van der Waals surface area contributed by atoms with Gasteiger partial charge in [0.05, 0.1) is 7.11 Å². The topological polar surface area (TPSA) is 41.5 Å². The van der Waals surface area contributed by atoms with E-state index in [1.165, 1.54) is 29.5 Å². The van der Waals surface area contributed by atoms with Crippen molar-refractivity contribution < 1.29 is 4.74 Å². The number of nitrogens with zero attached hydrogens (tertiary/aromatic N) is 4. The molecule has 1 saturated heterocycles. The van der Waals surface area contributed by atoms with Crippen LogP contribution in [0.25, 0.3) is 0 Å². The van der Waals surface area contributed by atoms with Crippen LogP contribution in [0.15, 0.2) is 30.5 Å². The number of benzene rings is 1. The summed E-state index contributed by atoms with van der Waals surface area (Å²) in [6.07, 6.45) is 4.12. The maximum absolute atomic E-state index is 5.23. The summed E-state index contributed by atoms with van der Waals surface area (Å²) in [6.45, 7) is 7.55. The molecule has 0 radical (unpaired) electrons. The normalized spacial score (nSPS) is 18.2. The summed E-state index contributed by atoms with van der Waals surface area (Å²) < 4.78 is 5.23. The third-order valence-corrected chi connectivity index (χ3v) is 5.06. The van der Waals surface area contributed by atoms with Gasteiger partial charge in [-0.2, -0.15) is 4.98 Å². The summed E-state index contributed by atoms with van der Waals surface area (Å²) in [7, 11) is 3.72. The van der Waals surface area contributed by atoms with Gasteiger partial charge in [-0.05, 0) is 44.4 Å². The molecule has 2 aromatic rings. The molecule has 1 aliphatic heterocycles. The van der Waals surface area contributed by atoms with Crippen LogP contribution in [-0.4, -0.2) is 48.2 Å². The number of hydrogen-bond donors (Lipinski definition) is 0. The SMILES string of the molecule is COc1ccnc(N(C)C2CCCN(Cc3ccc(C)cc3C)C2)n1. The molecule has 2 heterocycles. The summed E-state index contributed by atoms with van der Waals surface area (Å²) in [5.74, 6) is 1.34. The molecule has 0 aliphatic carbocycles. The molecular formula is C20H28N4O. The summed E-state index contributed by atoms with van der Waals surface area (Å²) in [5.41, 5.74) is 4.13. The lowest BCUT2D eigenvalue weighted by Gasteiger charge is -2.37. The largest absolute Gasteiger partial charge is 0.481 e. The van der Waals surface area contributed by atoms with Crippen molar-refractivity contribution in [3.8, 4) is 5.88 Å². The minimum Gasteiger partial charge on any atom is -0.481 e. The molecule has 0 saturated carbocycles. The fourth-order valence-corrected chi connectivity index (χ4v) is 3.53. The number of methoxy groups -OCH3 is 1. The van der Waals surface area contributed by atoms with E-state index in [1.54, 1.807) is 19.4 Å². The number of likely N-dealkylation sites (tertiary alicyclic amines) is 1. The minimum atomic E-state index is 0.423. The molecule has 0 N–H and O–H groups in total. The predicted molar refractivity (Wildman–Crippen MR) is 101 cm³/mol. The molecular weight excluding hydrogens is 312 g/mol. The van der Waals surface area contributed by atoms with Gasteiger partial charge in [0.2, 0.25) is 11.8 Å². The highest BCUT2D eigenvalue weighted by Gasteiger charge is 2.25. The van der Waals surface area contributed by atoms with Crippen molar-refractivity contribution in [3.05, 3.63) is 47.2 Å². The quantitative estimate of drug-likeness (QED) is 0.836. The Balaban J connectivity index is 1.67. The summed E-state index contributed by atoms with van der Waals surface area (Å²) >= 11 is 0. The van der Waals surface area contributed by atoms with Gasteiger partial charge in [0.15, 0.2) is 0 Å². The Hall–Kier alpha value is -2.14. The second kappa shape index (κ2) is 7.83. The standard InChI is InChI=1S/C20H28N4O/c1-15-7-8-17(16(2)12-15)13-24-11-5-6-18(14-24)23(3)20-21-10-9-19(22-20)25-4/h7-10,12,18H,5-6,11,13-14H2,1-4H3. The maximum atomic E-state index is 5.23. The highest BCUT2D eigenvalue weighted by atomic mass is 16.5. The van der Waals surface area contributed by atoms with Gasteiger partial charge < -0.3 is 9.64 Å². The molecule has 3 rings (SSSR count). The fraction of sp³-hybridized carbons (Fsp3) is 0.500. The Morgan fingerprint density at radius 2 is 2.12 bits per heavy atom. The average molecular weight is 340 g/mol. The van der Waals surface area contributed by atoms with Gasteiger partial charge in [-0.15, -0.1) is 0 Å². The highest BCUT2D eigenvalue weighted by molar-refractivity contribution is 5.33. The van der Waals surface area contributed by atoms with Crippen molar-refractivity contribution in [3.63, 3.8) is 0 Å². The lowest BCUT2D eigenvalue weighted by atomic mass is 10.0. The molecule has 0 amide bonds. The van der Waals surface area contributed by atoms with E-state index in [2.05, 4.69) is 58.9 Å². The van der Waals surface area contributed by atoms with Crippen molar-refractivity contribution in [1.29, 1.82) is 0 Å². The molecule has 1 aliphatic rings. The van der Waals surface area contributed by atoms with E-state index in [-0.39, 0.29) is 0 Å². The number of rotatable bonds is 5. The molecule has 134 valence electrons. The van der Waals surface area contributed by atoms with Crippen molar-refractivity contribution in [2.45, 2.75) is 39.3 Å². The van der Waals surface area contributed by atoms with E-state index < -0.39 is 0 Å². The molecule has 25 heavy (non-hydrogen) atoms. The van der Waals surface area contributed by atoms with Gasteiger partial charge in [0.25, 0.3) is 0 Å². The lowest BCUT2D eigenvalue weighted by Crippen LogP contribution is -2.46. The minimum absolute atomic E-state index is 0.423. The predicted octanol–water partition coefficient (Wildman–Crippen LogP) is 3.20. The smallest absolute Gasteiger partial charge is 0.228 e.